The molecule has 0 amide bonds. The first-order valence-electron chi connectivity index (χ1n) is 6.38. The van der Waals surface area contributed by atoms with Crippen molar-refractivity contribution in [2.75, 3.05) is 12.9 Å². The van der Waals surface area contributed by atoms with E-state index in [9.17, 15) is 0 Å². The third-order valence-corrected chi connectivity index (χ3v) is 4.45. The molecular weight excluding hydrogens is 290 g/mol. The zero-order valence-corrected chi connectivity index (χ0v) is 13.2. The zero-order valence-electron chi connectivity index (χ0n) is 11.6. The number of nitrogens with two attached hydrogens (primary N) is 1. The zero-order chi connectivity index (χ0) is 14.5. The van der Waals surface area contributed by atoms with Crippen LogP contribution in [0.4, 0.5) is 0 Å². The Balaban J connectivity index is 2.03. The van der Waals surface area contributed by atoms with Gasteiger partial charge in [0.2, 0.25) is 0 Å². The van der Waals surface area contributed by atoms with Crippen molar-refractivity contribution in [1.82, 2.24) is 0 Å². The number of rotatable bonds is 5. The molecule has 2 N–H and O–H groups in total. The SMILES string of the molecule is COc1ccc(C(N)CSc2cccc(Cl)c2)c(C)c1. The van der Waals surface area contributed by atoms with Crippen LogP contribution in [0.25, 0.3) is 0 Å². The second-order valence-electron chi connectivity index (χ2n) is 4.60. The molecule has 0 aromatic heterocycles. The van der Waals surface area contributed by atoms with Crippen molar-refractivity contribution in [3.05, 3.63) is 58.6 Å². The van der Waals surface area contributed by atoms with Crippen molar-refractivity contribution in [1.29, 1.82) is 0 Å². The van der Waals surface area contributed by atoms with Gasteiger partial charge in [-0.05, 0) is 48.4 Å². The molecule has 0 aliphatic rings. The van der Waals surface area contributed by atoms with E-state index >= 15 is 0 Å². The maximum absolute atomic E-state index is 6.28. The first-order valence-corrected chi connectivity index (χ1v) is 7.75. The van der Waals surface area contributed by atoms with Gasteiger partial charge in [-0.25, -0.2) is 0 Å². The second-order valence-corrected chi connectivity index (χ2v) is 6.13. The minimum absolute atomic E-state index is 0.00936. The van der Waals surface area contributed by atoms with Crippen molar-refractivity contribution in [3.8, 4) is 5.75 Å². The molecule has 0 spiro atoms. The molecule has 0 fully saturated rings. The van der Waals surface area contributed by atoms with Crippen molar-refractivity contribution in [3.63, 3.8) is 0 Å². The van der Waals surface area contributed by atoms with Crippen LogP contribution in [0.15, 0.2) is 47.4 Å². The first-order chi connectivity index (χ1) is 9.60. The third kappa shape index (κ3) is 3.92. The molecule has 0 heterocycles. The fourth-order valence-electron chi connectivity index (χ4n) is 2.02. The largest absolute Gasteiger partial charge is 0.497 e. The first kappa shape index (κ1) is 15.2. The third-order valence-electron chi connectivity index (χ3n) is 3.10. The highest BCUT2D eigenvalue weighted by atomic mass is 35.5. The summed E-state index contributed by atoms with van der Waals surface area (Å²) < 4.78 is 5.21. The van der Waals surface area contributed by atoms with E-state index in [1.165, 1.54) is 0 Å². The average Bonchev–Trinajstić information content (AvgIpc) is 2.44. The van der Waals surface area contributed by atoms with Gasteiger partial charge in [0.1, 0.15) is 5.75 Å². The maximum atomic E-state index is 6.28. The van der Waals surface area contributed by atoms with E-state index in [2.05, 4.69) is 6.92 Å². The van der Waals surface area contributed by atoms with E-state index < -0.39 is 0 Å². The number of halogens is 1. The minimum atomic E-state index is -0.00936. The number of methoxy groups -OCH3 is 1. The Morgan fingerprint density at radius 2 is 2.05 bits per heavy atom. The van der Waals surface area contributed by atoms with Crippen molar-refractivity contribution in [2.24, 2.45) is 5.73 Å². The molecule has 4 heteroatoms. The average molecular weight is 308 g/mol. The van der Waals surface area contributed by atoms with Gasteiger partial charge < -0.3 is 10.5 Å². The minimum Gasteiger partial charge on any atom is -0.497 e. The van der Waals surface area contributed by atoms with Crippen molar-refractivity contribution >= 4 is 23.4 Å². The van der Waals surface area contributed by atoms with Gasteiger partial charge in [-0.15, -0.1) is 11.8 Å². The lowest BCUT2D eigenvalue weighted by molar-refractivity contribution is 0.414. The van der Waals surface area contributed by atoms with Gasteiger partial charge in [-0.3, -0.25) is 0 Å². The van der Waals surface area contributed by atoms with Gasteiger partial charge in [-0.2, -0.15) is 0 Å². The number of thioether (sulfide) groups is 1. The van der Waals surface area contributed by atoms with Crippen LogP contribution in [0.2, 0.25) is 5.02 Å². The summed E-state index contributed by atoms with van der Waals surface area (Å²) in [6, 6.07) is 13.8. The second kappa shape index (κ2) is 7.02. The number of hydrogen-bond acceptors (Lipinski definition) is 3. The fourth-order valence-corrected chi connectivity index (χ4v) is 3.22. The predicted octanol–water partition coefficient (Wildman–Crippen LogP) is 4.45. The Morgan fingerprint density at radius 1 is 1.25 bits per heavy atom. The molecule has 1 unspecified atom stereocenters. The van der Waals surface area contributed by atoms with Crippen molar-refractivity contribution in [2.45, 2.75) is 17.9 Å². The standard InChI is InChI=1S/C16H18ClNOS/c1-11-8-13(19-2)6-7-15(11)16(18)10-20-14-5-3-4-12(17)9-14/h3-9,16H,10,18H2,1-2H3. The maximum Gasteiger partial charge on any atom is 0.119 e. The highest BCUT2D eigenvalue weighted by molar-refractivity contribution is 7.99. The lowest BCUT2D eigenvalue weighted by Gasteiger charge is -2.15. The highest BCUT2D eigenvalue weighted by Crippen LogP contribution is 2.28. The Hall–Kier alpha value is -1.16. The summed E-state index contributed by atoms with van der Waals surface area (Å²) in [5.41, 5.74) is 8.59. The topological polar surface area (TPSA) is 35.2 Å². The number of ether oxygens (including phenoxy) is 1. The quantitative estimate of drug-likeness (QED) is 0.829. The summed E-state index contributed by atoms with van der Waals surface area (Å²) in [7, 11) is 1.67. The fraction of sp³-hybridized carbons (Fsp3) is 0.250. The van der Waals surface area contributed by atoms with Crippen LogP contribution in [-0.2, 0) is 0 Å². The molecule has 0 saturated carbocycles. The molecule has 106 valence electrons. The van der Waals surface area contributed by atoms with E-state index in [1.54, 1.807) is 18.9 Å². The highest BCUT2D eigenvalue weighted by Gasteiger charge is 2.10. The van der Waals surface area contributed by atoms with E-state index in [0.717, 1.165) is 32.5 Å². The summed E-state index contributed by atoms with van der Waals surface area (Å²) in [5, 5.41) is 0.754. The molecule has 0 aliphatic carbocycles. The van der Waals surface area contributed by atoms with Gasteiger partial charge in [0.25, 0.3) is 0 Å². The molecule has 0 saturated heterocycles. The lowest BCUT2D eigenvalue weighted by atomic mass is 10.0. The van der Waals surface area contributed by atoms with Crippen LogP contribution in [0.1, 0.15) is 17.2 Å². The number of aryl methyl sites for hydroxylation is 1. The summed E-state index contributed by atoms with van der Waals surface area (Å²) in [4.78, 5) is 1.14. The summed E-state index contributed by atoms with van der Waals surface area (Å²) in [5.74, 6) is 1.67. The van der Waals surface area contributed by atoms with E-state index in [-0.39, 0.29) is 6.04 Å². The number of hydrogen-bond donors (Lipinski definition) is 1. The summed E-state index contributed by atoms with van der Waals surface area (Å²) in [6.07, 6.45) is 0. The molecule has 0 bridgehead atoms. The Bertz CT molecular complexity index is 588. The lowest BCUT2D eigenvalue weighted by Crippen LogP contribution is -2.14. The van der Waals surface area contributed by atoms with Gasteiger partial charge in [-0.1, -0.05) is 23.7 Å². The van der Waals surface area contributed by atoms with Gasteiger partial charge in [0, 0.05) is 21.7 Å². The van der Waals surface area contributed by atoms with Crippen LogP contribution in [-0.4, -0.2) is 12.9 Å². The summed E-state index contributed by atoms with van der Waals surface area (Å²) in [6.45, 7) is 2.06. The summed E-state index contributed by atoms with van der Waals surface area (Å²) >= 11 is 7.69. The van der Waals surface area contributed by atoms with Crippen molar-refractivity contribution < 1.29 is 4.74 Å². The van der Waals surface area contributed by atoms with Crippen LogP contribution in [0.5, 0.6) is 5.75 Å². The molecule has 1 atom stereocenters. The Labute approximate surface area is 129 Å². The van der Waals surface area contributed by atoms with E-state index in [0.29, 0.717) is 0 Å². The molecule has 20 heavy (non-hydrogen) atoms. The van der Waals surface area contributed by atoms with Crippen LogP contribution in [0, 0.1) is 6.92 Å². The van der Waals surface area contributed by atoms with Crippen LogP contribution < -0.4 is 10.5 Å². The number of benzene rings is 2. The smallest absolute Gasteiger partial charge is 0.119 e. The monoisotopic (exact) mass is 307 g/mol. The van der Waals surface area contributed by atoms with Gasteiger partial charge in [0.15, 0.2) is 0 Å². The molecule has 2 rings (SSSR count). The Kier molecular flexibility index (Phi) is 5.35. The molecular formula is C16H18ClNOS. The molecule has 0 radical (unpaired) electrons. The molecule has 2 aromatic rings. The van der Waals surface area contributed by atoms with Crippen LogP contribution in [0.3, 0.4) is 0 Å². The predicted molar refractivity (Wildman–Crippen MR) is 86.8 cm³/mol. The van der Waals surface area contributed by atoms with Gasteiger partial charge in [0.05, 0.1) is 7.11 Å². The molecule has 2 aromatic carbocycles. The van der Waals surface area contributed by atoms with Gasteiger partial charge >= 0.3 is 0 Å². The molecule has 2 nitrogen and oxygen atoms in total. The Morgan fingerprint density at radius 3 is 2.70 bits per heavy atom. The normalized spacial score (nSPS) is 12.2. The van der Waals surface area contributed by atoms with E-state index in [4.69, 9.17) is 22.1 Å². The van der Waals surface area contributed by atoms with Crippen LogP contribution >= 0.6 is 23.4 Å². The van der Waals surface area contributed by atoms with E-state index in [1.807, 2.05) is 42.5 Å². The molecule has 0 aliphatic heterocycles.